The largest absolute Gasteiger partial charge is 0.481 e. The molecule has 4 atom stereocenters. The predicted molar refractivity (Wildman–Crippen MR) is 122 cm³/mol. The normalized spacial score (nSPS) is 19.0. The van der Waals surface area contributed by atoms with Crippen LogP contribution in [0.15, 0.2) is 0 Å². The third-order valence-corrected chi connectivity index (χ3v) is 11.0. The average Bonchev–Trinajstić information content (AvgIpc) is 2.53. The Morgan fingerprint density at radius 2 is 1.20 bits per heavy atom. The summed E-state index contributed by atoms with van der Waals surface area (Å²) < 4.78 is 87.0. The lowest BCUT2D eigenvalue weighted by atomic mass is 9.93. The average molecular weight is 614 g/mol. The Morgan fingerprint density at radius 3 is 1.63 bits per heavy atom. The topological polar surface area (TPSA) is 261 Å². The molecule has 0 saturated heterocycles. The van der Waals surface area contributed by atoms with Gasteiger partial charge in [0.05, 0.1) is 23.7 Å². The minimum atomic E-state index is -5.32. The second kappa shape index (κ2) is 13.5. The molecule has 0 aromatic carbocycles. The Balaban J connectivity index is 5.06. The molecule has 35 heavy (non-hydrogen) atoms. The molecule has 4 unspecified atom stereocenters. The van der Waals surface area contributed by atoms with Crippen molar-refractivity contribution in [2.24, 2.45) is 11.8 Å². The molecule has 0 rings (SSSR count). The van der Waals surface area contributed by atoms with Crippen molar-refractivity contribution in [1.82, 2.24) is 0 Å². The van der Waals surface area contributed by atoms with E-state index in [1.807, 2.05) is 0 Å². The van der Waals surface area contributed by atoms with E-state index in [0.29, 0.717) is 12.8 Å². The highest BCUT2D eigenvalue weighted by Gasteiger charge is 2.39. The first-order valence-electron chi connectivity index (χ1n) is 10.1. The van der Waals surface area contributed by atoms with E-state index in [0.717, 1.165) is 0 Å². The molecule has 21 heteroatoms. The monoisotopic (exact) mass is 614 g/mol. The van der Waals surface area contributed by atoms with E-state index in [1.54, 1.807) is 13.8 Å². The van der Waals surface area contributed by atoms with Crippen LogP contribution in [0.4, 0.5) is 0 Å². The number of sulfone groups is 1. The summed E-state index contributed by atoms with van der Waals surface area (Å²) in [6.45, 7) is 5.48. The number of rotatable bonds is 18. The molecule has 0 aromatic rings. The van der Waals surface area contributed by atoms with Gasteiger partial charge < -0.3 is 29.4 Å². The molecule has 0 fully saturated rings. The molecule has 0 spiro atoms. The van der Waals surface area contributed by atoms with Gasteiger partial charge in [0, 0.05) is 0 Å². The summed E-state index contributed by atoms with van der Waals surface area (Å²) >= 11 is 0. The first-order valence-corrected chi connectivity index (χ1v) is 18.0. The fourth-order valence-corrected chi connectivity index (χ4v) is 9.04. The lowest BCUT2D eigenvalue weighted by Gasteiger charge is -2.30. The number of phosphoric ester groups is 2. The van der Waals surface area contributed by atoms with E-state index in [9.17, 15) is 36.5 Å². The van der Waals surface area contributed by atoms with Gasteiger partial charge in [0.25, 0.3) is 0 Å². The van der Waals surface area contributed by atoms with Crippen LogP contribution in [-0.4, -0.2) is 61.5 Å². The minimum absolute atomic E-state index is 0.0381. The van der Waals surface area contributed by atoms with E-state index in [2.05, 4.69) is 13.1 Å². The Kier molecular flexibility index (Phi) is 13.7. The van der Waals surface area contributed by atoms with E-state index in [1.165, 1.54) is 13.8 Å². The highest BCUT2D eigenvalue weighted by Crippen LogP contribution is 2.60. The zero-order valence-electron chi connectivity index (χ0n) is 19.6. The van der Waals surface area contributed by atoms with Crippen molar-refractivity contribution in [2.45, 2.75) is 59.0 Å². The summed E-state index contributed by atoms with van der Waals surface area (Å²) in [4.78, 5) is 53.4. The van der Waals surface area contributed by atoms with Gasteiger partial charge in [-0.1, -0.05) is 26.7 Å². The summed E-state index contributed by atoms with van der Waals surface area (Å²) in [5.74, 6) is -1.82. The van der Waals surface area contributed by atoms with E-state index in [4.69, 9.17) is 24.1 Å². The third kappa shape index (κ3) is 18.4. The van der Waals surface area contributed by atoms with Gasteiger partial charge in [0.2, 0.25) is 0 Å². The molecule has 0 aliphatic heterocycles. The lowest BCUT2D eigenvalue weighted by molar-refractivity contribution is 0.0450. The molecule has 0 aromatic heterocycles. The fourth-order valence-electron chi connectivity index (χ4n) is 3.20. The minimum Gasteiger partial charge on any atom is -0.302 e. The standard InChI is InChI=1S/C14H34O16P4S/c1-5-12(7-8-27-33(21,22)29-31(15,16)17)10-35(25,26)11-13(6-2)9-14(3,4)28-34(23,24)30-32(18,19)20/h12-13H,5-11H2,1-4H3,(H,21,22)(H,23,24)(H2,15,16,17)(H2,18,19,20). The van der Waals surface area contributed by atoms with Crippen LogP contribution in [0.2, 0.25) is 0 Å². The Hall–Kier alpha value is 0.470. The van der Waals surface area contributed by atoms with Gasteiger partial charge in [-0.3, -0.25) is 9.05 Å². The zero-order chi connectivity index (χ0) is 27.9. The first-order chi connectivity index (χ1) is 15.4. The molecular weight excluding hydrogens is 580 g/mol. The van der Waals surface area contributed by atoms with E-state index >= 15 is 0 Å². The highest BCUT2D eigenvalue weighted by atomic mass is 32.2. The molecule has 0 radical (unpaired) electrons. The number of hydrogen-bond donors (Lipinski definition) is 6. The SMILES string of the molecule is CCC(CCOP(=O)(O)OP(=O)(O)O)CS(=O)(=O)CC(CC)CC(C)(C)OP(=O)(O)OP(=O)(O)O. The van der Waals surface area contributed by atoms with Crippen molar-refractivity contribution in [3.8, 4) is 0 Å². The van der Waals surface area contributed by atoms with E-state index < -0.39 is 65.2 Å². The van der Waals surface area contributed by atoms with Crippen LogP contribution in [0.5, 0.6) is 0 Å². The number of phosphoric acid groups is 4. The van der Waals surface area contributed by atoms with Crippen molar-refractivity contribution >= 4 is 41.1 Å². The van der Waals surface area contributed by atoms with Crippen LogP contribution in [0.25, 0.3) is 0 Å². The van der Waals surface area contributed by atoms with Gasteiger partial charge in [-0.2, -0.15) is 8.62 Å². The van der Waals surface area contributed by atoms with Gasteiger partial charge >= 0.3 is 31.3 Å². The predicted octanol–water partition coefficient (Wildman–Crippen LogP) is 2.47. The van der Waals surface area contributed by atoms with Crippen LogP contribution < -0.4 is 0 Å². The third-order valence-electron chi connectivity index (χ3n) is 4.48. The number of hydrogen-bond acceptors (Lipinski definition) is 10. The van der Waals surface area contributed by atoms with Crippen LogP contribution in [0, 0.1) is 11.8 Å². The van der Waals surface area contributed by atoms with Gasteiger partial charge in [0.15, 0.2) is 9.84 Å². The molecule has 0 bridgehead atoms. The van der Waals surface area contributed by atoms with Crippen molar-refractivity contribution < 1.29 is 73.7 Å². The summed E-state index contributed by atoms with van der Waals surface area (Å²) in [5.41, 5.74) is -1.49. The maximum atomic E-state index is 12.7. The molecule has 16 nitrogen and oxygen atoms in total. The van der Waals surface area contributed by atoms with Crippen molar-refractivity contribution in [1.29, 1.82) is 0 Å². The molecule has 0 amide bonds. The van der Waals surface area contributed by atoms with Gasteiger partial charge in [0.1, 0.15) is 0 Å². The maximum absolute atomic E-state index is 12.7. The van der Waals surface area contributed by atoms with Crippen LogP contribution in [0.1, 0.15) is 53.4 Å². The maximum Gasteiger partial charge on any atom is 0.481 e. The Morgan fingerprint density at radius 1 is 0.771 bits per heavy atom. The fraction of sp³-hybridized carbons (Fsp3) is 1.00. The van der Waals surface area contributed by atoms with Gasteiger partial charge in [-0.05, 0) is 38.5 Å². The molecule has 0 saturated carbocycles. The summed E-state index contributed by atoms with van der Waals surface area (Å²) in [7, 11) is -24.5. The van der Waals surface area contributed by atoms with Gasteiger partial charge in [-0.15, -0.1) is 0 Å². The van der Waals surface area contributed by atoms with Crippen molar-refractivity contribution in [3.05, 3.63) is 0 Å². The Bertz CT molecular complexity index is 969. The first kappa shape index (κ1) is 35.5. The molecule has 0 aliphatic carbocycles. The molecule has 212 valence electrons. The summed E-state index contributed by atoms with van der Waals surface area (Å²) in [6, 6.07) is 0. The molecule has 6 N–H and O–H groups in total. The van der Waals surface area contributed by atoms with Crippen LogP contribution in [0.3, 0.4) is 0 Å². The second-order valence-corrected chi connectivity index (χ2v) is 16.1. The second-order valence-electron chi connectivity index (χ2n) is 8.38. The highest BCUT2D eigenvalue weighted by molar-refractivity contribution is 7.91. The van der Waals surface area contributed by atoms with Crippen LogP contribution >= 0.6 is 31.3 Å². The molecule has 0 aliphatic rings. The van der Waals surface area contributed by atoms with Crippen molar-refractivity contribution in [2.75, 3.05) is 18.1 Å². The van der Waals surface area contributed by atoms with Crippen LogP contribution in [-0.2, 0) is 45.8 Å². The molecular formula is C14H34O16P4S. The smallest absolute Gasteiger partial charge is 0.302 e. The Labute approximate surface area is 204 Å². The zero-order valence-corrected chi connectivity index (χ0v) is 24.0. The quantitative estimate of drug-likeness (QED) is 0.121. The lowest BCUT2D eigenvalue weighted by Crippen LogP contribution is -2.31. The molecule has 0 heterocycles. The van der Waals surface area contributed by atoms with Gasteiger partial charge in [-0.25, -0.2) is 26.7 Å². The summed E-state index contributed by atoms with van der Waals surface area (Å²) in [6.07, 6.45) is 0.527. The van der Waals surface area contributed by atoms with E-state index in [-0.39, 0.29) is 24.3 Å². The van der Waals surface area contributed by atoms with Crippen molar-refractivity contribution in [3.63, 3.8) is 0 Å². The summed E-state index contributed by atoms with van der Waals surface area (Å²) in [5, 5.41) is 0.